The lowest BCUT2D eigenvalue weighted by molar-refractivity contribution is 0.633. The molecule has 0 radical (unpaired) electrons. The van der Waals surface area contributed by atoms with E-state index in [9.17, 15) is 0 Å². The Balaban J connectivity index is 1.59. The molecule has 0 bridgehead atoms. The summed E-state index contributed by atoms with van der Waals surface area (Å²) in [5.74, 6) is 1.66. The van der Waals surface area contributed by atoms with Crippen LogP contribution in [-0.2, 0) is 20.0 Å². The molecular formula is C20H29N7. The summed E-state index contributed by atoms with van der Waals surface area (Å²) in [5, 5.41) is 11.3. The van der Waals surface area contributed by atoms with Crippen LogP contribution >= 0.6 is 0 Å². The lowest BCUT2D eigenvalue weighted by atomic mass is 10.1. The zero-order valence-electron chi connectivity index (χ0n) is 17.0. The number of aliphatic imine (C=N–C) groups is 1. The molecule has 144 valence electrons. The van der Waals surface area contributed by atoms with E-state index in [0.29, 0.717) is 6.54 Å². The summed E-state index contributed by atoms with van der Waals surface area (Å²) < 4.78 is 1.94. The molecule has 7 nitrogen and oxygen atoms in total. The number of benzene rings is 1. The number of rotatable bonds is 5. The highest BCUT2D eigenvalue weighted by Crippen LogP contribution is 2.14. The first-order valence-electron chi connectivity index (χ1n) is 9.29. The van der Waals surface area contributed by atoms with Gasteiger partial charge in [-0.1, -0.05) is 6.07 Å². The van der Waals surface area contributed by atoms with E-state index in [1.807, 2.05) is 17.8 Å². The van der Waals surface area contributed by atoms with Gasteiger partial charge in [0, 0.05) is 25.8 Å². The topological polar surface area (TPSA) is 82.9 Å². The summed E-state index contributed by atoms with van der Waals surface area (Å²) >= 11 is 0. The maximum atomic E-state index is 4.62. The highest BCUT2D eigenvalue weighted by atomic mass is 15.3. The molecule has 2 heterocycles. The highest BCUT2D eigenvalue weighted by Gasteiger charge is 2.14. The zero-order valence-corrected chi connectivity index (χ0v) is 17.0. The molecule has 3 rings (SSSR count). The van der Waals surface area contributed by atoms with Gasteiger partial charge in [-0.15, -0.1) is 0 Å². The fourth-order valence-corrected chi connectivity index (χ4v) is 3.33. The molecule has 0 aliphatic carbocycles. The van der Waals surface area contributed by atoms with Crippen molar-refractivity contribution in [2.75, 3.05) is 7.05 Å². The average molecular weight is 368 g/mol. The van der Waals surface area contributed by atoms with Gasteiger partial charge in [0.2, 0.25) is 0 Å². The standard InChI is InChI=1S/C20H29N7/c1-12-7-8-17-18(9-12)25-19(24-17)11-22-20(21-5)23-13(2)10-16-14(3)26-27(6)15(16)4/h7-9,13H,10-11H2,1-6H3,(H,24,25)(H2,21,22,23). The Morgan fingerprint density at radius 1 is 1.30 bits per heavy atom. The smallest absolute Gasteiger partial charge is 0.191 e. The van der Waals surface area contributed by atoms with Crippen molar-refractivity contribution in [1.29, 1.82) is 0 Å². The molecule has 0 saturated heterocycles. The van der Waals surface area contributed by atoms with Gasteiger partial charge in [0.15, 0.2) is 5.96 Å². The third-order valence-corrected chi connectivity index (χ3v) is 4.89. The van der Waals surface area contributed by atoms with Gasteiger partial charge in [0.05, 0.1) is 23.3 Å². The number of hydrogen-bond acceptors (Lipinski definition) is 3. The largest absolute Gasteiger partial charge is 0.354 e. The summed E-state index contributed by atoms with van der Waals surface area (Å²) in [4.78, 5) is 12.3. The van der Waals surface area contributed by atoms with E-state index < -0.39 is 0 Å². The minimum atomic E-state index is 0.233. The van der Waals surface area contributed by atoms with Crippen LogP contribution in [0.25, 0.3) is 11.0 Å². The minimum Gasteiger partial charge on any atom is -0.354 e. The summed E-state index contributed by atoms with van der Waals surface area (Å²) in [7, 11) is 3.77. The van der Waals surface area contributed by atoms with E-state index in [1.165, 1.54) is 16.8 Å². The van der Waals surface area contributed by atoms with Gasteiger partial charge in [-0.2, -0.15) is 5.10 Å². The van der Waals surface area contributed by atoms with Crippen LogP contribution in [0.1, 0.15) is 35.3 Å². The molecule has 3 N–H and O–H groups in total. The molecule has 3 aromatic rings. The number of nitrogens with one attached hydrogen (secondary N) is 3. The fourth-order valence-electron chi connectivity index (χ4n) is 3.33. The molecule has 1 unspecified atom stereocenters. The predicted molar refractivity (Wildman–Crippen MR) is 110 cm³/mol. The summed E-state index contributed by atoms with van der Waals surface area (Å²) in [6.07, 6.45) is 0.899. The molecule has 7 heteroatoms. The highest BCUT2D eigenvalue weighted by molar-refractivity contribution is 5.80. The van der Waals surface area contributed by atoms with Crippen LogP contribution in [0.2, 0.25) is 0 Å². The zero-order chi connectivity index (χ0) is 19.6. The third kappa shape index (κ3) is 4.30. The number of aromatic nitrogens is 4. The molecule has 0 aliphatic rings. The number of fused-ring (bicyclic) bond motifs is 1. The monoisotopic (exact) mass is 367 g/mol. The number of hydrogen-bond donors (Lipinski definition) is 3. The van der Waals surface area contributed by atoms with Gasteiger partial charge in [0.1, 0.15) is 5.82 Å². The number of guanidine groups is 1. The van der Waals surface area contributed by atoms with Crippen molar-refractivity contribution in [3.63, 3.8) is 0 Å². The summed E-state index contributed by atoms with van der Waals surface area (Å²) in [6.45, 7) is 8.99. The Morgan fingerprint density at radius 2 is 2.07 bits per heavy atom. The van der Waals surface area contributed by atoms with Crippen LogP contribution in [0.3, 0.4) is 0 Å². The third-order valence-electron chi connectivity index (χ3n) is 4.89. The summed E-state index contributed by atoms with van der Waals surface area (Å²) in [6, 6.07) is 6.46. The van der Waals surface area contributed by atoms with Crippen molar-refractivity contribution >= 4 is 17.0 Å². The van der Waals surface area contributed by atoms with Crippen LogP contribution in [0.5, 0.6) is 0 Å². The van der Waals surface area contributed by atoms with Crippen LogP contribution < -0.4 is 10.6 Å². The number of imidazole rings is 1. The molecule has 1 aromatic carbocycles. The Kier molecular flexibility index (Phi) is 5.48. The number of aryl methyl sites for hydroxylation is 3. The fraction of sp³-hybridized carbons (Fsp3) is 0.450. The Hall–Kier alpha value is -2.83. The van der Waals surface area contributed by atoms with Crippen molar-refractivity contribution < 1.29 is 0 Å². The van der Waals surface area contributed by atoms with Crippen LogP contribution in [0, 0.1) is 20.8 Å². The van der Waals surface area contributed by atoms with Gasteiger partial charge in [0.25, 0.3) is 0 Å². The SMILES string of the molecule is CN=C(NCc1nc2ccc(C)cc2[nH]1)NC(C)Cc1c(C)nn(C)c1C. The van der Waals surface area contributed by atoms with Crippen molar-refractivity contribution in [3.8, 4) is 0 Å². The number of aromatic amines is 1. The van der Waals surface area contributed by atoms with E-state index >= 15 is 0 Å². The maximum Gasteiger partial charge on any atom is 0.191 e. The van der Waals surface area contributed by atoms with Gasteiger partial charge in [-0.25, -0.2) is 4.98 Å². The lowest BCUT2D eigenvalue weighted by Gasteiger charge is -2.18. The van der Waals surface area contributed by atoms with Crippen molar-refractivity contribution in [1.82, 2.24) is 30.4 Å². The molecule has 0 fully saturated rings. The maximum absolute atomic E-state index is 4.62. The van der Waals surface area contributed by atoms with Crippen LogP contribution in [-0.4, -0.2) is 38.8 Å². The first kappa shape index (κ1) is 18.9. The van der Waals surface area contributed by atoms with Crippen LogP contribution in [0.15, 0.2) is 23.2 Å². The van der Waals surface area contributed by atoms with E-state index in [1.54, 1.807) is 7.05 Å². The Bertz CT molecular complexity index is 964. The molecule has 1 atom stereocenters. The number of nitrogens with zero attached hydrogens (tertiary/aromatic N) is 4. The minimum absolute atomic E-state index is 0.233. The van der Waals surface area contributed by atoms with Crippen molar-refractivity contribution in [2.45, 2.75) is 46.7 Å². The van der Waals surface area contributed by atoms with E-state index in [0.717, 1.165) is 34.9 Å². The van der Waals surface area contributed by atoms with E-state index in [2.05, 4.69) is 70.5 Å². The second-order valence-corrected chi connectivity index (χ2v) is 7.15. The van der Waals surface area contributed by atoms with E-state index in [4.69, 9.17) is 0 Å². The predicted octanol–water partition coefficient (Wildman–Crippen LogP) is 2.52. The summed E-state index contributed by atoms with van der Waals surface area (Å²) in [5.41, 5.74) is 6.85. The molecule has 0 aliphatic heterocycles. The molecule has 0 amide bonds. The van der Waals surface area contributed by atoms with Gasteiger partial charge in [-0.05, 0) is 57.4 Å². The molecule has 27 heavy (non-hydrogen) atoms. The van der Waals surface area contributed by atoms with Crippen molar-refractivity contribution in [2.24, 2.45) is 12.0 Å². The van der Waals surface area contributed by atoms with Gasteiger partial charge < -0.3 is 15.6 Å². The first-order valence-corrected chi connectivity index (χ1v) is 9.29. The second kappa shape index (κ2) is 7.82. The van der Waals surface area contributed by atoms with Gasteiger partial charge >= 0.3 is 0 Å². The molecule has 0 spiro atoms. The second-order valence-electron chi connectivity index (χ2n) is 7.15. The Labute approximate surface area is 160 Å². The van der Waals surface area contributed by atoms with Crippen LogP contribution in [0.4, 0.5) is 0 Å². The Morgan fingerprint density at radius 3 is 2.74 bits per heavy atom. The normalized spacial score (nSPS) is 13.2. The average Bonchev–Trinajstić information content (AvgIpc) is 3.13. The van der Waals surface area contributed by atoms with Crippen molar-refractivity contribution in [3.05, 3.63) is 46.5 Å². The molecule has 2 aromatic heterocycles. The molecular weight excluding hydrogens is 338 g/mol. The first-order chi connectivity index (χ1) is 12.9. The molecule has 0 saturated carbocycles. The quantitative estimate of drug-likeness (QED) is 0.478. The van der Waals surface area contributed by atoms with Gasteiger partial charge in [-0.3, -0.25) is 9.67 Å². The lowest BCUT2D eigenvalue weighted by Crippen LogP contribution is -2.43. The number of H-pyrrole nitrogens is 1. The van der Waals surface area contributed by atoms with E-state index in [-0.39, 0.29) is 6.04 Å².